The zero-order valence-electron chi connectivity index (χ0n) is 8.30. The van der Waals surface area contributed by atoms with Gasteiger partial charge < -0.3 is 4.74 Å². The summed E-state index contributed by atoms with van der Waals surface area (Å²) in [6, 6.07) is 8.35. The van der Waals surface area contributed by atoms with Crippen molar-refractivity contribution in [2.45, 2.75) is 12.6 Å². The van der Waals surface area contributed by atoms with Crippen molar-refractivity contribution in [3.05, 3.63) is 35.4 Å². The second-order valence-corrected chi connectivity index (χ2v) is 2.93. The predicted octanol–water partition coefficient (Wildman–Crippen LogP) is 1.73. The third-order valence-electron chi connectivity index (χ3n) is 1.88. The molecule has 0 aliphatic rings. The molecule has 0 aliphatic carbocycles. The van der Waals surface area contributed by atoms with E-state index in [2.05, 4.69) is 4.99 Å². The van der Waals surface area contributed by atoms with Crippen LogP contribution in [-0.4, -0.2) is 13.2 Å². The third kappa shape index (κ3) is 3.03. The first kappa shape index (κ1) is 11.1. The van der Waals surface area contributed by atoms with Crippen molar-refractivity contribution in [1.82, 2.24) is 0 Å². The van der Waals surface area contributed by atoms with Crippen LogP contribution in [0.1, 0.15) is 17.2 Å². The highest BCUT2D eigenvalue weighted by Gasteiger charge is 2.08. The number of nitrogens with zero attached hydrogens (tertiary/aromatic N) is 2. The Hall–Kier alpha value is -1.95. The van der Waals surface area contributed by atoms with Crippen molar-refractivity contribution in [3.63, 3.8) is 0 Å². The summed E-state index contributed by atoms with van der Waals surface area (Å²) >= 11 is 0. The van der Waals surface area contributed by atoms with E-state index in [1.807, 2.05) is 12.1 Å². The number of hydrogen-bond acceptors (Lipinski definition) is 4. The molecule has 0 bridgehead atoms. The zero-order chi connectivity index (χ0) is 11.1. The normalized spacial score (nSPS) is 11.2. The summed E-state index contributed by atoms with van der Waals surface area (Å²) in [5.41, 5.74) is 1.62. The Bertz CT molecular complexity index is 417. The molecule has 1 aromatic carbocycles. The molecule has 0 aliphatic heterocycles. The fourth-order valence-electron chi connectivity index (χ4n) is 1.25. The number of nitriles is 1. The van der Waals surface area contributed by atoms with Crippen molar-refractivity contribution in [2.24, 2.45) is 4.99 Å². The van der Waals surface area contributed by atoms with E-state index >= 15 is 0 Å². The van der Waals surface area contributed by atoms with Crippen molar-refractivity contribution in [2.75, 3.05) is 7.11 Å². The van der Waals surface area contributed by atoms with E-state index in [4.69, 9.17) is 10.00 Å². The first-order chi connectivity index (χ1) is 7.31. The summed E-state index contributed by atoms with van der Waals surface area (Å²) < 4.78 is 4.97. The highest BCUT2D eigenvalue weighted by molar-refractivity contribution is 5.38. The van der Waals surface area contributed by atoms with Crippen LogP contribution in [-0.2, 0) is 16.1 Å². The van der Waals surface area contributed by atoms with Gasteiger partial charge in [-0.15, -0.1) is 0 Å². The molecule has 1 unspecified atom stereocenters. The number of ether oxygens (including phenoxy) is 1. The number of rotatable bonds is 4. The minimum atomic E-state index is -0.778. The quantitative estimate of drug-likeness (QED) is 0.551. The monoisotopic (exact) mass is 202 g/mol. The van der Waals surface area contributed by atoms with Crippen molar-refractivity contribution in [3.8, 4) is 6.07 Å². The standard InChI is InChI=1S/C11H10N2O2/c1-15-7-9-3-2-4-10(5-9)11(6-12)13-8-14/h2-5,11H,7H2,1H3. The number of hydrogen-bond donors (Lipinski definition) is 0. The molecule has 0 saturated carbocycles. The number of methoxy groups -OCH3 is 1. The minimum absolute atomic E-state index is 0.469. The molecule has 0 heterocycles. The molecule has 4 nitrogen and oxygen atoms in total. The lowest BCUT2D eigenvalue weighted by Gasteiger charge is -2.04. The Balaban J connectivity index is 2.98. The van der Waals surface area contributed by atoms with E-state index in [0.29, 0.717) is 12.2 Å². The van der Waals surface area contributed by atoms with Crippen LogP contribution in [0.4, 0.5) is 0 Å². The van der Waals surface area contributed by atoms with Gasteiger partial charge in [-0.1, -0.05) is 24.3 Å². The van der Waals surface area contributed by atoms with Gasteiger partial charge in [0.15, 0.2) is 6.04 Å². The molecule has 1 rings (SSSR count). The largest absolute Gasteiger partial charge is 0.380 e. The zero-order valence-corrected chi connectivity index (χ0v) is 8.30. The fourth-order valence-corrected chi connectivity index (χ4v) is 1.25. The van der Waals surface area contributed by atoms with Crippen LogP contribution in [0.3, 0.4) is 0 Å². The van der Waals surface area contributed by atoms with Crippen LogP contribution < -0.4 is 0 Å². The van der Waals surface area contributed by atoms with Crippen LogP contribution in [0.5, 0.6) is 0 Å². The van der Waals surface area contributed by atoms with Gasteiger partial charge in [-0.05, 0) is 11.1 Å². The minimum Gasteiger partial charge on any atom is -0.380 e. The lowest BCUT2D eigenvalue weighted by atomic mass is 10.1. The first-order valence-electron chi connectivity index (χ1n) is 4.36. The van der Waals surface area contributed by atoms with Gasteiger partial charge >= 0.3 is 0 Å². The van der Waals surface area contributed by atoms with Crippen LogP contribution >= 0.6 is 0 Å². The average Bonchev–Trinajstić information content (AvgIpc) is 2.27. The number of aliphatic imine (C=N–C) groups is 1. The van der Waals surface area contributed by atoms with Crippen LogP contribution in [0, 0.1) is 11.3 Å². The lowest BCUT2D eigenvalue weighted by molar-refractivity contribution is 0.185. The fraction of sp³-hybridized carbons (Fsp3) is 0.273. The van der Waals surface area contributed by atoms with Crippen LogP contribution in [0.15, 0.2) is 29.3 Å². The molecule has 0 N–H and O–H groups in total. The molecule has 0 radical (unpaired) electrons. The van der Waals surface area contributed by atoms with E-state index in [1.165, 1.54) is 6.08 Å². The smallest absolute Gasteiger partial charge is 0.236 e. The van der Waals surface area contributed by atoms with Gasteiger partial charge in [-0.25, -0.2) is 4.79 Å². The second-order valence-electron chi connectivity index (χ2n) is 2.93. The molecule has 0 aromatic heterocycles. The first-order valence-corrected chi connectivity index (χ1v) is 4.36. The molecule has 15 heavy (non-hydrogen) atoms. The summed E-state index contributed by atoms with van der Waals surface area (Å²) in [6.45, 7) is 0.469. The average molecular weight is 202 g/mol. The molecule has 0 amide bonds. The van der Waals surface area contributed by atoms with Crippen molar-refractivity contribution < 1.29 is 9.53 Å². The topological polar surface area (TPSA) is 62.4 Å². The number of isocyanates is 1. The van der Waals surface area contributed by atoms with Crippen molar-refractivity contribution in [1.29, 1.82) is 5.26 Å². The molecular weight excluding hydrogens is 192 g/mol. The SMILES string of the molecule is COCc1cccc(C(C#N)N=C=O)c1. The number of benzene rings is 1. The molecule has 0 saturated heterocycles. The Morgan fingerprint density at radius 3 is 3.00 bits per heavy atom. The third-order valence-corrected chi connectivity index (χ3v) is 1.88. The van der Waals surface area contributed by atoms with Gasteiger partial charge in [0.25, 0.3) is 0 Å². The highest BCUT2D eigenvalue weighted by Crippen LogP contribution is 2.17. The molecule has 1 atom stereocenters. The molecule has 4 heteroatoms. The summed E-state index contributed by atoms with van der Waals surface area (Å²) in [6.07, 6.45) is 1.39. The summed E-state index contributed by atoms with van der Waals surface area (Å²) in [7, 11) is 1.60. The van der Waals surface area contributed by atoms with E-state index in [0.717, 1.165) is 5.56 Å². The van der Waals surface area contributed by atoms with Gasteiger partial charge in [0.1, 0.15) is 0 Å². The maximum Gasteiger partial charge on any atom is 0.236 e. The maximum absolute atomic E-state index is 10.1. The van der Waals surface area contributed by atoms with Gasteiger partial charge in [0, 0.05) is 7.11 Å². The summed E-state index contributed by atoms with van der Waals surface area (Å²) in [5.74, 6) is 0. The molecular formula is C11H10N2O2. The van der Waals surface area contributed by atoms with Gasteiger partial charge in [0.2, 0.25) is 6.08 Å². The molecule has 0 spiro atoms. The van der Waals surface area contributed by atoms with E-state index < -0.39 is 6.04 Å². The Morgan fingerprint density at radius 2 is 2.40 bits per heavy atom. The van der Waals surface area contributed by atoms with Crippen LogP contribution in [0.25, 0.3) is 0 Å². The Morgan fingerprint density at radius 1 is 1.60 bits per heavy atom. The second kappa shape index (κ2) is 5.71. The maximum atomic E-state index is 10.1. The van der Waals surface area contributed by atoms with E-state index in [-0.39, 0.29) is 0 Å². The van der Waals surface area contributed by atoms with E-state index in [1.54, 1.807) is 25.3 Å². The Labute approximate surface area is 87.8 Å². The number of carbonyl (C=O) groups excluding carboxylic acids is 1. The molecule has 0 fully saturated rings. The summed E-state index contributed by atoms with van der Waals surface area (Å²) in [5, 5.41) is 8.78. The molecule has 76 valence electrons. The van der Waals surface area contributed by atoms with Gasteiger partial charge in [-0.3, -0.25) is 0 Å². The van der Waals surface area contributed by atoms with Gasteiger partial charge in [0.05, 0.1) is 12.7 Å². The van der Waals surface area contributed by atoms with Crippen molar-refractivity contribution >= 4 is 6.08 Å². The van der Waals surface area contributed by atoms with Gasteiger partial charge in [-0.2, -0.15) is 10.3 Å². The summed E-state index contributed by atoms with van der Waals surface area (Å²) in [4.78, 5) is 13.5. The lowest BCUT2D eigenvalue weighted by Crippen LogP contribution is -1.94. The Kier molecular flexibility index (Phi) is 4.24. The van der Waals surface area contributed by atoms with Crippen LogP contribution in [0.2, 0.25) is 0 Å². The molecule has 1 aromatic rings. The highest BCUT2D eigenvalue weighted by atomic mass is 16.5. The predicted molar refractivity (Wildman–Crippen MR) is 53.6 cm³/mol. The van der Waals surface area contributed by atoms with E-state index in [9.17, 15) is 4.79 Å².